The summed E-state index contributed by atoms with van der Waals surface area (Å²) in [6, 6.07) is 4.25. The molecule has 0 radical (unpaired) electrons. The van der Waals surface area contributed by atoms with Gasteiger partial charge in [-0.05, 0) is 0 Å². The fourth-order valence-corrected chi connectivity index (χ4v) is 1.71. The maximum Gasteiger partial charge on any atom is 0.0640 e. The first-order valence-electron chi connectivity index (χ1n) is 5.28. The molecule has 4 heteroatoms. The average Bonchev–Trinajstić information content (AvgIpc) is 2.28. The lowest BCUT2D eigenvalue weighted by atomic mass is 10.2. The monoisotopic (exact) mass is 216 g/mol. The summed E-state index contributed by atoms with van der Waals surface area (Å²) in [5, 5.41) is 17.1. The number of hydrogen-bond donors (Lipinski definition) is 0. The predicted octanol–water partition coefficient (Wildman–Crippen LogP) is 1.46. The van der Waals surface area contributed by atoms with Crippen LogP contribution in [0.1, 0.15) is 12.8 Å². The van der Waals surface area contributed by atoms with E-state index in [-0.39, 0.29) is 0 Å². The Morgan fingerprint density at radius 1 is 0.938 bits per heavy atom. The lowest BCUT2D eigenvalue weighted by molar-refractivity contribution is 0.233. The molecule has 0 aromatic heterocycles. The van der Waals surface area contributed by atoms with Crippen molar-refractivity contribution < 1.29 is 0 Å². The van der Waals surface area contributed by atoms with Crippen LogP contribution < -0.4 is 0 Å². The Morgan fingerprint density at radius 3 is 1.62 bits per heavy atom. The fraction of sp³-hybridized carbons (Fsp3) is 0.500. The zero-order chi connectivity index (χ0) is 12.0. The second-order valence-corrected chi connectivity index (χ2v) is 3.79. The van der Waals surface area contributed by atoms with Gasteiger partial charge >= 0.3 is 0 Å². The highest BCUT2D eigenvalue weighted by molar-refractivity contribution is 5.13. The van der Waals surface area contributed by atoms with Crippen molar-refractivity contribution in [3.05, 3.63) is 24.6 Å². The number of nitriles is 2. The highest BCUT2D eigenvalue weighted by atomic mass is 15.3. The van der Waals surface area contributed by atoms with Crippen LogP contribution in [-0.4, -0.2) is 36.0 Å². The van der Waals surface area contributed by atoms with E-state index >= 15 is 0 Å². The third kappa shape index (κ3) is 3.03. The lowest BCUT2D eigenvalue weighted by Crippen LogP contribution is -2.42. The maximum atomic E-state index is 8.54. The van der Waals surface area contributed by atoms with E-state index in [1.807, 2.05) is 0 Å². The Labute approximate surface area is 96.7 Å². The van der Waals surface area contributed by atoms with Crippen molar-refractivity contribution in [2.45, 2.75) is 12.8 Å². The minimum atomic E-state index is 0.504. The second-order valence-electron chi connectivity index (χ2n) is 3.79. The largest absolute Gasteiger partial charge is 0.367 e. The molecule has 1 saturated heterocycles. The van der Waals surface area contributed by atoms with Gasteiger partial charge in [0.2, 0.25) is 0 Å². The molecule has 0 unspecified atom stereocenters. The van der Waals surface area contributed by atoms with Gasteiger partial charge in [-0.3, -0.25) is 0 Å². The van der Waals surface area contributed by atoms with Crippen LogP contribution in [0.2, 0.25) is 0 Å². The molecule has 0 aromatic carbocycles. The van der Waals surface area contributed by atoms with Gasteiger partial charge in [-0.25, -0.2) is 0 Å². The summed E-state index contributed by atoms with van der Waals surface area (Å²) < 4.78 is 0. The van der Waals surface area contributed by atoms with Gasteiger partial charge < -0.3 is 9.80 Å². The average molecular weight is 216 g/mol. The van der Waals surface area contributed by atoms with E-state index in [1.165, 1.54) is 0 Å². The summed E-state index contributed by atoms with van der Waals surface area (Å²) in [7, 11) is 0. The topological polar surface area (TPSA) is 54.1 Å². The lowest BCUT2D eigenvalue weighted by Gasteiger charge is -2.39. The molecular weight excluding hydrogens is 200 g/mol. The van der Waals surface area contributed by atoms with E-state index in [0.29, 0.717) is 39.0 Å². The van der Waals surface area contributed by atoms with E-state index < -0.39 is 0 Å². The molecule has 1 aliphatic rings. The quantitative estimate of drug-likeness (QED) is 0.714. The minimum Gasteiger partial charge on any atom is -0.367 e. The van der Waals surface area contributed by atoms with Crippen molar-refractivity contribution in [1.29, 1.82) is 10.5 Å². The number of nitrogens with zero attached hydrogens (tertiary/aromatic N) is 4. The molecule has 0 saturated carbocycles. The number of hydrogen-bond acceptors (Lipinski definition) is 4. The van der Waals surface area contributed by atoms with Crippen molar-refractivity contribution in [2.24, 2.45) is 0 Å². The van der Waals surface area contributed by atoms with Gasteiger partial charge in [0.1, 0.15) is 0 Å². The number of piperazine rings is 1. The minimum absolute atomic E-state index is 0.504. The van der Waals surface area contributed by atoms with Crippen molar-refractivity contribution in [2.75, 3.05) is 26.2 Å². The van der Waals surface area contributed by atoms with Gasteiger partial charge in [0, 0.05) is 24.5 Å². The summed E-state index contributed by atoms with van der Waals surface area (Å²) >= 11 is 0. The van der Waals surface area contributed by atoms with Gasteiger partial charge in [0.15, 0.2) is 0 Å². The summed E-state index contributed by atoms with van der Waals surface area (Å²) in [6.07, 6.45) is 1.01. The first-order valence-corrected chi connectivity index (χ1v) is 5.28. The number of rotatable bonds is 4. The first-order chi connectivity index (χ1) is 7.69. The Morgan fingerprint density at radius 2 is 1.31 bits per heavy atom. The highest BCUT2D eigenvalue weighted by Crippen LogP contribution is 2.18. The smallest absolute Gasteiger partial charge is 0.0640 e. The Bertz CT molecular complexity index is 322. The molecule has 0 amide bonds. The van der Waals surface area contributed by atoms with Crippen molar-refractivity contribution in [1.82, 2.24) is 9.80 Å². The van der Waals surface area contributed by atoms with Crippen LogP contribution >= 0.6 is 0 Å². The predicted molar refractivity (Wildman–Crippen MR) is 61.9 cm³/mol. The molecule has 1 aliphatic heterocycles. The van der Waals surface area contributed by atoms with Crippen LogP contribution in [0.4, 0.5) is 0 Å². The van der Waals surface area contributed by atoms with Gasteiger partial charge in [-0.2, -0.15) is 10.5 Å². The summed E-state index contributed by atoms with van der Waals surface area (Å²) in [6.45, 7) is 10.8. The molecule has 0 atom stereocenters. The molecule has 84 valence electrons. The summed E-state index contributed by atoms with van der Waals surface area (Å²) in [5.74, 6) is 0. The van der Waals surface area contributed by atoms with Gasteiger partial charge in [0.25, 0.3) is 0 Å². The van der Waals surface area contributed by atoms with Crippen LogP contribution in [0.25, 0.3) is 0 Å². The van der Waals surface area contributed by atoms with Gasteiger partial charge in [-0.15, -0.1) is 0 Å². The van der Waals surface area contributed by atoms with E-state index in [4.69, 9.17) is 10.5 Å². The van der Waals surface area contributed by atoms with Crippen molar-refractivity contribution in [3.63, 3.8) is 0 Å². The van der Waals surface area contributed by atoms with Gasteiger partial charge in [-0.1, -0.05) is 13.2 Å². The Balaban J connectivity index is 2.51. The molecule has 1 fully saturated rings. The molecule has 4 nitrogen and oxygen atoms in total. The highest BCUT2D eigenvalue weighted by Gasteiger charge is 2.20. The van der Waals surface area contributed by atoms with Crippen LogP contribution in [0.15, 0.2) is 24.6 Å². The summed E-state index contributed by atoms with van der Waals surface area (Å²) in [4.78, 5) is 4.16. The molecule has 1 rings (SSSR count). The molecule has 16 heavy (non-hydrogen) atoms. The third-order valence-corrected chi connectivity index (χ3v) is 2.63. The summed E-state index contributed by atoms with van der Waals surface area (Å²) in [5.41, 5.74) is 2.00. The third-order valence-electron chi connectivity index (χ3n) is 2.63. The van der Waals surface area contributed by atoms with E-state index in [1.54, 1.807) is 0 Å². The Hall–Kier alpha value is -1.94. The molecule has 0 aromatic rings. The zero-order valence-corrected chi connectivity index (χ0v) is 9.45. The van der Waals surface area contributed by atoms with Crippen molar-refractivity contribution >= 4 is 0 Å². The molecule has 0 spiro atoms. The van der Waals surface area contributed by atoms with Crippen LogP contribution in [0.5, 0.6) is 0 Å². The Kier molecular flexibility index (Phi) is 4.42. The van der Waals surface area contributed by atoms with Crippen LogP contribution in [-0.2, 0) is 0 Å². The van der Waals surface area contributed by atoms with Crippen LogP contribution in [0.3, 0.4) is 0 Å². The normalized spacial score (nSPS) is 15.9. The van der Waals surface area contributed by atoms with E-state index in [0.717, 1.165) is 11.4 Å². The second kappa shape index (κ2) is 5.82. The SMILES string of the molecule is C=C1CN(CCC#N)C(=C)CN1CCC#N. The fourth-order valence-electron chi connectivity index (χ4n) is 1.71. The van der Waals surface area contributed by atoms with Crippen molar-refractivity contribution in [3.8, 4) is 12.1 Å². The maximum absolute atomic E-state index is 8.54. The standard InChI is InChI=1S/C12H16N4/c1-11-9-16(8-4-6-14)12(2)10-15(11)7-3-5-13/h1-4,7-10H2. The first kappa shape index (κ1) is 12.1. The molecule has 0 bridgehead atoms. The molecule has 0 N–H and O–H groups in total. The van der Waals surface area contributed by atoms with Crippen LogP contribution in [0, 0.1) is 22.7 Å². The molecular formula is C12H16N4. The van der Waals surface area contributed by atoms with E-state index in [9.17, 15) is 0 Å². The van der Waals surface area contributed by atoms with E-state index in [2.05, 4.69) is 35.1 Å². The van der Waals surface area contributed by atoms with Gasteiger partial charge in [0.05, 0.1) is 38.1 Å². The molecule has 0 aliphatic carbocycles. The zero-order valence-electron chi connectivity index (χ0n) is 9.45. The molecule has 1 heterocycles.